The molecule has 0 saturated carbocycles. The maximum Gasteiger partial charge on any atom is 0.255 e. The molecule has 2 aromatic carbocycles. The van der Waals surface area contributed by atoms with E-state index in [2.05, 4.69) is 5.32 Å². The molecule has 2 N–H and O–H groups in total. The van der Waals surface area contributed by atoms with Gasteiger partial charge in [0, 0.05) is 10.6 Å². The van der Waals surface area contributed by atoms with Crippen LogP contribution in [-0.2, 0) is 9.84 Å². The lowest BCUT2D eigenvalue weighted by molar-refractivity contribution is 0.102. The summed E-state index contributed by atoms with van der Waals surface area (Å²) in [5, 5.41) is 12.8. The SMILES string of the molecule is CCS(=O)(=O)c1ccc(O)c(NC(=O)c2ccc(Cl)cc2)c1. The summed E-state index contributed by atoms with van der Waals surface area (Å²) < 4.78 is 23.7. The van der Waals surface area contributed by atoms with Crippen LogP contribution in [0.1, 0.15) is 17.3 Å². The van der Waals surface area contributed by atoms with Gasteiger partial charge in [-0.25, -0.2) is 8.42 Å². The van der Waals surface area contributed by atoms with Crippen molar-refractivity contribution in [3.8, 4) is 5.75 Å². The number of phenols is 1. The van der Waals surface area contributed by atoms with Gasteiger partial charge >= 0.3 is 0 Å². The maximum absolute atomic E-state index is 12.1. The van der Waals surface area contributed by atoms with Gasteiger partial charge in [0.05, 0.1) is 16.3 Å². The van der Waals surface area contributed by atoms with E-state index in [0.29, 0.717) is 10.6 Å². The van der Waals surface area contributed by atoms with Gasteiger partial charge in [-0.2, -0.15) is 0 Å². The minimum atomic E-state index is -3.42. The third-order valence-electron chi connectivity index (χ3n) is 3.06. The lowest BCUT2D eigenvalue weighted by Gasteiger charge is -2.10. The van der Waals surface area contributed by atoms with Crippen LogP contribution in [0.3, 0.4) is 0 Å². The van der Waals surface area contributed by atoms with Gasteiger partial charge in [-0.15, -0.1) is 0 Å². The molecule has 0 atom stereocenters. The lowest BCUT2D eigenvalue weighted by atomic mass is 10.2. The number of sulfone groups is 1. The van der Waals surface area contributed by atoms with Crippen molar-refractivity contribution in [3.05, 3.63) is 53.1 Å². The number of rotatable bonds is 4. The van der Waals surface area contributed by atoms with Crippen molar-refractivity contribution in [1.29, 1.82) is 0 Å². The first kappa shape index (κ1) is 16.3. The summed E-state index contributed by atoms with van der Waals surface area (Å²) in [4.78, 5) is 12.1. The van der Waals surface area contributed by atoms with Crippen molar-refractivity contribution in [2.75, 3.05) is 11.1 Å². The average Bonchev–Trinajstić information content (AvgIpc) is 2.50. The molecule has 2 aromatic rings. The van der Waals surface area contributed by atoms with E-state index in [1.54, 1.807) is 12.1 Å². The van der Waals surface area contributed by atoms with E-state index in [-0.39, 0.29) is 22.1 Å². The molecule has 0 aliphatic carbocycles. The second-order valence-electron chi connectivity index (χ2n) is 4.54. The fraction of sp³-hybridized carbons (Fsp3) is 0.133. The minimum Gasteiger partial charge on any atom is -0.506 e. The van der Waals surface area contributed by atoms with Crippen LogP contribution in [0, 0.1) is 0 Å². The van der Waals surface area contributed by atoms with Crippen molar-refractivity contribution in [2.45, 2.75) is 11.8 Å². The summed E-state index contributed by atoms with van der Waals surface area (Å²) in [5.74, 6) is -0.752. The van der Waals surface area contributed by atoms with Crippen molar-refractivity contribution in [2.24, 2.45) is 0 Å². The van der Waals surface area contributed by atoms with Crippen LogP contribution in [-0.4, -0.2) is 25.2 Å². The molecule has 0 bridgehead atoms. The van der Waals surface area contributed by atoms with E-state index in [1.165, 1.54) is 37.3 Å². The number of benzene rings is 2. The van der Waals surface area contributed by atoms with Crippen LogP contribution in [0.5, 0.6) is 5.75 Å². The first-order valence-corrected chi connectivity index (χ1v) is 8.49. The van der Waals surface area contributed by atoms with E-state index < -0.39 is 15.7 Å². The van der Waals surface area contributed by atoms with Gasteiger partial charge in [0.15, 0.2) is 9.84 Å². The number of carbonyl (C=O) groups is 1. The summed E-state index contributed by atoms with van der Waals surface area (Å²) in [5.41, 5.74) is 0.377. The normalized spacial score (nSPS) is 11.2. The fourth-order valence-corrected chi connectivity index (χ4v) is 2.80. The molecule has 0 aromatic heterocycles. The zero-order valence-electron chi connectivity index (χ0n) is 11.7. The monoisotopic (exact) mass is 339 g/mol. The van der Waals surface area contributed by atoms with Gasteiger partial charge in [0.25, 0.3) is 5.91 Å². The van der Waals surface area contributed by atoms with Crippen molar-refractivity contribution < 1.29 is 18.3 Å². The lowest BCUT2D eigenvalue weighted by Crippen LogP contribution is -2.12. The van der Waals surface area contributed by atoms with Gasteiger partial charge in [0.2, 0.25) is 0 Å². The Balaban J connectivity index is 2.31. The average molecular weight is 340 g/mol. The summed E-state index contributed by atoms with van der Waals surface area (Å²) >= 11 is 5.75. The van der Waals surface area contributed by atoms with Gasteiger partial charge in [-0.05, 0) is 42.5 Å². The Bertz CT molecular complexity index is 801. The molecule has 0 radical (unpaired) electrons. The number of amides is 1. The largest absolute Gasteiger partial charge is 0.506 e. The zero-order valence-corrected chi connectivity index (χ0v) is 13.3. The van der Waals surface area contributed by atoms with E-state index in [0.717, 1.165) is 0 Å². The molecule has 0 saturated heterocycles. The highest BCUT2D eigenvalue weighted by Gasteiger charge is 2.15. The van der Waals surface area contributed by atoms with E-state index in [9.17, 15) is 18.3 Å². The smallest absolute Gasteiger partial charge is 0.255 e. The standard InChI is InChI=1S/C15H14ClNO4S/c1-2-22(20,21)12-7-8-14(18)13(9-12)17-15(19)10-3-5-11(16)6-4-10/h3-9,18H,2H2,1H3,(H,17,19). The molecule has 7 heteroatoms. The Kier molecular flexibility index (Phi) is 4.73. The molecule has 0 aliphatic heterocycles. The predicted molar refractivity (Wildman–Crippen MR) is 85.2 cm³/mol. The molecule has 22 heavy (non-hydrogen) atoms. The van der Waals surface area contributed by atoms with Gasteiger partial charge in [-0.1, -0.05) is 18.5 Å². The molecule has 5 nitrogen and oxygen atoms in total. The van der Waals surface area contributed by atoms with Crippen LogP contribution in [0.4, 0.5) is 5.69 Å². The molecule has 116 valence electrons. The van der Waals surface area contributed by atoms with Crippen molar-refractivity contribution in [1.82, 2.24) is 0 Å². The summed E-state index contributed by atoms with van der Waals surface area (Å²) in [7, 11) is -3.42. The molecule has 0 unspecified atom stereocenters. The summed E-state index contributed by atoms with van der Waals surface area (Å²) in [6.07, 6.45) is 0. The van der Waals surface area contributed by atoms with Crippen molar-refractivity contribution >= 4 is 33.0 Å². The fourth-order valence-electron chi connectivity index (χ4n) is 1.77. The highest BCUT2D eigenvalue weighted by molar-refractivity contribution is 7.91. The molecular formula is C15H14ClNO4S. The van der Waals surface area contributed by atoms with Gasteiger partial charge < -0.3 is 10.4 Å². The highest BCUT2D eigenvalue weighted by Crippen LogP contribution is 2.27. The third kappa shape index (κ3) is 3.58. The maximum atomic E-state index is 12.1. The number of nitrogens with one attached hydrogen (secondary N) is 1. The molecule has 0 heterocycles. The highest BCUT2D eigenvalue weighted by atomic mass is 35.5. The number of anilines is 1. The third-order valence-corrected chi connectivity index (χ3v) is 5.05. The Morgan fingerprint density at radius 2 is 1.82 bits per heavy atom. The second kappa shape index (κ2) is 6.37. The Morgan fingerprint density at radius 3 is 2.41 bits per heavy atom. The summed E-state index contributed by atoms with van der Waals surface area (Å²) in [6, 6.07) is 9.96. The van der Waals surface area contributed by atoms with Crippen LogP contribution >= 0.6 is 11.6 Å². The van der Waals surface area contributed by atoms with Crippen molar-refractivity contribution in [3.63, 3.8) is 0 Å². The van der Waals surface area contributed by atoms with Crippen LogP contribution in [0.15, 0.2) is 47.4 Å². The van der Waals surface area contributed by atoms with Crippen LogP contribution < -0.4 is 5.32 Å². The molecule has 0 spiro atoms. The number of aromatic hydroxyl groups is 1. The molecular weight excluding hydrogens is 326 g/mol. The minimum absolute atomic E-state index is 0.0366. The first-order chi connectivity index (χ1) is 10.3. The van der Waals surface area contributed by atoms with Gasteiger partial charge in [0.1, 0.15) is 5.75 Å². The Hall–Kier alpha value is -2.05. The number of phenolic OH excluding ortho intramolecular Hbond substituents is 1. The Labute approximate surface area is 133 Å². The Morgan fingerprint density at radius 1 is 1.18 bits per heavy atom. The number of carbonyl (C=O) groups excluding carboxylic acids is 1. The van der Waals surface area contributed by atoms with E-state index in [4.69, 9.17) is 11.6 Å². The molecule has 0 aliphatic rings. The second-order valence-corrected chi connectivity index (χ2v) is 7.26. The number of hydrogen-bond acceptors (Lipinski definition) is 4. The topological polar surface area (TPSA) is 83.5 Å². The van der Waals surface area contributed by atoms with Crippen LogP contribution in [0.2, 0.25) is 5.02 Å². The number of hydrogen-bond donors (Lipinski definition) is 2. The molecule has 2 rings (SSSR count). The molecule has 0 fully saturated rings. The summed E-state index contributed by atoms with van der Waals surface area (Å²) in [6.45, 7) is 1.52. The van der Waals surface area contributed by atoms with Gasteiger partial charge in [-0.3, -0.25) is 4.79 Å². The number of halogens is 1. The zero-order chi connectivity index (χ0) is 16.3. The first-order valence-electron chi connectivity index (χ1n) is 6.46. The predicted octanol–water partition coefficient (Wildman–Crippen LogP) is 3.09. The molecule has 1 amide bonds. The van der Waals surface area contributed by atoms with E-state index in [1.807, 2.05) is 0 Å². The van der Waals surface area contributed by atoms with Crippen LogP contribution in [0.25, 0.3) is 0 Å². The quantitative estimate of drug-likeness (QED) is 0.838. The van der Waals surface area contributed by atoms with E-state index >= 15 is 0 Å².